The highest BCUT2D eigenvalue weighted by Crippen LogP contribution is 2.27. The van der Waals surface area contributed by atoms with Crippen molar-refractivity contribution in [3.8, 4) is 0 Å². The highest BCUT2D eigenvalue weighted by molar-refractivity contribution is 5.89. The molecule has 0 spiro atoms. The normalized spacial score (nSPS) is 20.9. The summed E-state index contributed by atoms with van der Waals surface area (Å²) in [5, 5.41) is 3.16. The van der Waals surface area contributed by atoms with Crippen molar-refractivity contribution in [2.45, 2.75) is 57.0 Å². The zero-order valence-electron chi connectivity index (χ0n) is 13.0. The SMILES string of the molecule is O=C(NC1CCCC1)[C@@H](c1ccccc1)N1CCCCC1=O. The van der Waals surface area contributed by atoms with E-state index in [1.165, 1.54) is 12.8 Å². The van der Waals surface area contributed by atoms with Crippen LogP contribution in [-0.2, 0) is 9.59 Å². The molecule has 0 unspecified atom stereocenters. The molecule has 2 fully saturated rings. The van der Waals surface area contributed by atoms with Crippen molar-refractivity contribution in [2.75, 3.05) is 6.54 Å². The van der Waals surface area contributed by atoms with E-state index < -0.39 is 6.04 Å². The number of amides is 2. The average molecular weight is 300 g/mol. The number of hydrogen-bond donors (Lipinski definition) is 1. The van der Waals surface area contributed by atoms with Crippen LogP contribution in [0.15, 0.2) is 30.3 Å². The molecule has 1 aromatic carbocycles. The Kier molecular flexibility index (Phi) is 4.76. The third kappa shape index (κ3) is 3.32. The van der Waals surface area contributed by atoms with Gasteiger partial charge in [-0.05, 0) is 31.2 Å². The van der Waals surface area contributed by atoms with Gasteiger partial charge in [-0.3, -0.25) is 9.59 Å². The Morgan fingerprint density at radius 1 is 1.09 bits per heavy atom. The van der Waals surface area contributed by atoms with E-state index in [1.807, 2.05) is 30.3 Å². The van der Waals surface area contributed by atoms with Crippen LogP contribution in [0.5, 0.6) is 0 Å². The minimum absolute atomic E-state index is 0.0200. The number of likely N-dealkylation sites (tertiary alicyclic amines) is 1. The molecule has 1 saturated heterocycles. The summed E-state index contributed by atoms with van der Waals surface area (Å²) in [5.74, 6) is 0.0787. The minimum atomic E-state index is -0.477. The summed E-state index contributed by atoms with van der Waals surface area (Å²) in [6.45, 7) is 0.677. The van der Waals surface area contributed by atoms with Crippen LogP contribution in [-0.4, -0.2) is 29.3 Å². The van der Waals surface area contributed by atoms with Crippen molar-refractivity contribution >= 4 is 11.8 Å². The molecule has 0 bridgehead atoms. The molecule has 1 N–H and O–H groups in total. The number of carbonyl (C=O) groups excluding carboxylic acids is 2. The average Bonchev–Trinajstić information content (AvgIpc) is 3.03. The second kappa shape index (κ2) is 6.95. The maximum Gasteiger partial charge on any atom is 0.247 e. The van der Waals surface area contributed by atoms with Crippen molar-refractivity contribution in [3.05, 3.63) is 35.9 Å². The van der Waals surface area contributed by atoms with Gasteiger partial charge >= 0.3 is 0 Å². The van der Waals surface area contributed by atoms with Crippen LogP contribution < -0.4 is 5.32 Å². The van der Waals surface area contributed by atoms with Gasteiger partial charge in [-0.2, -0.15) is 0 Å². The van der Waals surface area contributed by atoms with Crippen molar-refractivity contribution in [1.29, 1.82) is 0 Å². The molecule has 3 rings (SSSR count). The predicted molar refractivity (Wildman–Crippen MR) is 85.1 cm³/mol. The molecule has 4 heteroatoms. The number of benzene rings is 1. The number of nitrogens with one attached hydrogen (secondary N) is 1. The third-order valence-corrected chi connectivity index (χ3v) is 4.74. The number of rotatable bonds is 4. The smallest absolute Gasteiger partial charge is 0.247 e. The molecular weight excluding hydrogens is 276 g/mol. The first-order valence-corrected chi connectivity index (χ1v) is 8.40. The Morgan fingerprint density at radius 2 is 1.82 bits per heavy atom. The highest BCUT2D eigenvalue weighted by Gasteiger charge is 2.33. The van der Waals surface area contributed by atoms with Crippen molar-refractivity contribution < 1.29 is 9.59 Å². The standard InChI is InChI=1S/C18H24N2O2/c21-16-12-6-7-13-20(16)17(14-8-2-1-3-9-14)18(22)19-15-10-4-5-11-15/h1-3,8-9,15,17H,4-7,10-13H2,(H,19,22)/t17-/m1/s1. The van der Waals surface area contributed by atoms with Gasteiger partial charge in [0, 0.05) is 19.0 Å². The topological polar surface area (TPSA) is 49.4 Å². The molecule has 2 amide bonds. The van der Waals surface area contributed by atoms with Gasteiger partial charge in [0.05, 0.1) is 0 Å². The van der Waals surface area contributed by atoms with Crippen LogP contribution in [0, 0.1) is 0 Å². The molecular formula is C18H24N2O2. The Labute approximate surface area is 131 Å². The fraction of sp³-hybridized carbons (Fsp3) is 0.556. The van der Waals surface area contributed by atoms with E-state index in [0.29, 0.717) is 13.0 Å². The first-order chi connectivity index (χ1) is 10.8. The molecule has 1 heterocycles. The Morgan fingerprint density at radius 3 is 2.50 bits per heavy atom. The van der Waals surface area contributed by atoms with Gasteiger partial charge in [0.1, 0.15) is 6.04 Å². The first-order valence-electron chi connectivity index (χ1n) is 8.40. The molecule has 1 saturated carbocycles. The number of piperidine rings is 1. The van der Waals surface area contributed by atoms with Gasteiger partial charge in [0.15, 0.2) is 0 Å². The monoisotopic (exact) mass is 300 g/mol. The van der Waals surface area contributed by atoms with Crippen molar-refractivity contribution in [1.82, 2.24) is 10.2 Å². The summed E-state index contributed by atoms with van der Waals surface area (Å²) >= 11 is 0. The van der Waals surface area contributed by atoms with E-state index in [0.717, 1.165) is 31.2 Å². The molecule has 0 radical (unpaired) electrons. The lowest BCUT2D eigenvalue weighted by Gasteiger charge is -2.34. The van der Waals surface area contributed by atoms with Gasteiger partial charge in [-0.15, -0.1) is 0 Å². The molecule has 1 aliphatic carbocycles. The van der Waals surface area contributed by atoms with Gasteiger partial charge in [0.25, 0.3) is 0 Å². The summed E-state index contributed by atoms with van der Waals surface area (Å²) < 4.78 is 0. The lowest BCUT2D eigenvalue weighted by Crippen LogP contribution is -2.47. The van der Waals surface area contributed by atoms with E-state index in [9.17, 15) is 9.59 Å². The molecule has 22 heavy (non-hydrogen) atoms. The minimum Gasteiger partial charge on any atom is -0.351 e. The molecule has 1 aliphatic heterocycles. The zero-order chi connectivity index (χ0) is 15.4. The largest absolute Gasteiger partial charge is 0.351 e. The van der Waals surface area contributed by atoms with Crippen molar-refractivity contribution in [3.63, 3.8) is 0 Å². The van der Waals surface area contributed by atoms with E-state index in [2.05, 4.69) is 5.32 Å². The lowest BCUT2D eigenvalue weighted by molar-refractivity contribution is -0.143. The Bertz CT molecular complexity index is 523. The maximum atomic E-state index is 12.8. The molecule has 118 valence electrons. The Balaban J connectivity index is 1.81. The maximum absolute atomic E-state index is 12.8. The summed E-state index contributed by atoms with van der Waals surface area (Å²) in [6, 6.07) is 9.49. The van der Waals surface area contributed by atoms with Gasteiger partial charge < -0.3 is 10.2 Å². The molecule has 2 aliphatic rings. The summed E-state index contributed by atoms with van der Waals surface area (Å²) in [6.07, 6.45) is 6.95. The summed E-state index contributed by atoms with van der Waals surface area (Å²) in [5.41, 5.74) is 0.910. The van der Waals surface area contributed by atoms with E-state index >= 15 is 0 Å². The van der Waals surface area contributed by atoms with E-state index in [1.54, 1.807) is 4.90 Å². The number of hydrogen-bond acceptors (Lipinski definition) is 2. The highest BCUT2D eigenvalue weighted by atomic mass is 16.2. The predicted octanol–water partition coefficient (Wildman–Crippen LogP) is 2.80. The Hall–Kier alpha value is -1.84. The van der Waals surface area contributed by atoms with Crippen LogP contribution in [0.2, 0.25) is 0 Å². The molecule has 0 aromatic heterocycles. The third-order valence-electron chi connectivity index (χ3n) is 4.74. The molecule has 4 nitrogen and oxygen atoms in total. The first kappa shape index (κ1) is 15.1. The van der Waals surface area contributed by atoms with Crippen molar-refractivity contribution in [2.24, 2.45) is 0 Å². The fourth-order valence-electron chi connectivity index (χ4n) is 3.56. The van der Waals surface area contributed by atoms with E-state index in [4.69, 9.17) is 0 Å². The van der Waals surface area contributed by atoms with Crippen LogP contribution in [0.3, 0.4) is 0 Å². The molecule has 1 aromatic rings. The lowest BCUT2D eigenvalue weighted by atomic mass is 10.00. The van der Waals surface area contributed by atoms with Crippen LogP contribution in [0.4, 0.5) is 0 Å². The second-order valence-corrected chi connectivity index (χ2v) is 6.35. The van der Waals surface area contributed by atoms with E-state index in [-0.39, 0.29) is 17.9 Å². The van der Waals surface area contributed by atoms with Crippen LogP contribution in [0.25, 0.3) is 0 Å². The number of nitrogens with zero attached hydrogens (tertiary/aromatic N) is 1. The quantitative estimate of drug-likeness (QED) is 0.929. The van der Waals surface area contributed by atoms with Crippen LogP contribution in [0.1, 0.15) is 56.6 Å². The number of carbonyl (C=O) groups is 2. The summed E-state index contributed by atoms with van der Waals surface area (Å²) in [4.78, 5) is 26.9. The van der Waals surface area contributed by atoms with Crippen LogP contribution >= 0.6 is 0 Å². The molecule has 1 atom stereocenters. The second-order valence-electron chi connectivity index (χ2n) is 6.35. The van der Waals surface area contributed by atoms with Gasteiger partial charge in [0.2, 0.25) is 11.8 Å². The zero-order valence-corrected chi connectivity index (χ0v) is 13.0. The fourth-order valence-corrected chi connectivity index (χ4v) is 3.56. The van der Waals surface area contributed by atoms with Gasteiger partial charge in [-0.1, -0.05) is 43.2 Å². The van der Waals surface area contributed by atoms with Gasteiger partial charge in [-0.25, -0.2) is 0 Å². The summed E-state index contributed by atoms with van der Waals surface area (Å²) in [7, 11) is 0.